The summed E-state index contributed by atoms with van der Waals surface area (Å²) in [6, 6.07) is 9.14. The average molecular weight is 276 g/mol. The minimum Gasteiger partial charge on any atom is -0.497 e. The fourth-order valence-corrected chi connectivity index (χ4v) is 3.00. The van der Waals surface area contributed by atoms with E-state index in [4.69, 9.17) is 4.74 Å². The molecular formula is C17H28N2O. The molecule has 112 valence electrons. The Morgan fingerprint density at radius 1 is 1.30 bits per heavy atom. The van der Waals surface area contributed by atoms with E-state index in [9.17, 15) is 0 Å². The van der Waals surface area contributed by atoms with Crippen LogP contribution in [-0.2, 0) is 6.54 Å². The zero-order valence-corrected chi connectivity index (χ0v) is 13.1. The zero-order chi connectivity index (χ0) is 14.4. The molecule has 0 amide bonds. The number of rotatable bonds is 6. The molecule has 0 bridgehead atoms. The summed E-state index contributed by atoms with van der Waals surface area (Å²) in [6.45, 7) is 9.18. The lowest BCUT2D eigenvalue weighted by molar-refractivity contribution is 0.141. The lowest BCUT2D eigenvalue weighted by atomic mass is 9.93. The summed E-state index contributed by atoms with van der Waals surface area (Å²) in [5.41, 5.74) is 1.37. The molecular weight excluding hydrogens is 248 g/mol. The minimum absolute atomic E-state index is 0.696. The lowest BCUT2D eigenvalue weighted by Gasteiger charge is -2.37. The van der Waals surface area contributed by atoms with Crippen molar-refractivity contribution < 1.29 is 4.74 Å². The molecule has 0 spiro atoms. The van der Waals surface area contributed by atoms with Gasteiger partial charge in [-0.25, -0.2) is 0 Å². The van der Waals surface area contributed by atoms with E-state index < -0.39 is 0 Å². The van der Waals surface area contributed by atoms with E-state index in [1.165, 1.54) is 31.5 Å². The van der Waals surface area contributed by atoms with Crippen molar-refractivity contribution in [2.45, 2.75) is 39.3 Å². The van der Waals surface area contributed by atoms with E-state index in [-0.39, 0.29) is 0 Å². The van der Waals surface area contributed by atoms with Gasteiger partial charge >= 0.3 is 0 Å². The van der Waals surface area contributed by atoms with Gasteiger partial charge in [0.15, 0.2) is 0 Å². The first-order valence-electron chi connectivity index (χ1n) is 7.81. The second-order valence-corrected chi connectivity index (χ2v) is 5.91. The number of nitrogens with one attached hydrogen (secondary N) is 1. The van der Waals surface area contributed by atoms with Crippen LogP contribution in [0.3, 0.4) is 0 Å². The number of hydrogen-bond acceptors (Lipinski definition) is 3. The molecule has 0 aromatic heterocycles. The van der Waals surface area contributed by atoms with Crippen molar-refractivity contribution in [3.8, 4) is 5.75 Å². The van der Waals surface area contributed by atoms with Gasteiger partial charge < -0.3 is 10.1 Å². The van der Waals surface area contributed by atoms with Crippen LogP contribution >= 0.6 is 0 Å². The fourth-order valence-electron chi connectivity index (χ4n) is 3.00. The topological polar surface area (TPSA) is 24.5 Å². The molecule has 1 fully saturated rings. The number of methoxy groups -OCH3 is 1. The second kappa shape index (κ2) is 7.65. The monoisotopic (exact) mass is 276 g/mol. The Morgan fingerprint density at radius 3 is 2.65 bits per heavy atom. The number of hydrogen-bond donors (Lipinski definition) is 1. The van der Waals surface area contributed by atoms with Crippen LogP contribution < -0.4 is 10.1 Å². The summed E-state index contributed by atoms with van der Waals surface area (Å²) in [6.07, 6.45) is 2.48. The molecule has 1 aromatic rings. The molecule has 1 aliphatic rings. The van der Waals surface area contributed by atoms with Gasteiger partial charge in [0.25, 0.3) is 0 Å². The van der Waals surface area contributed by atoms with E-state index >= 15 is 0 Å². The highest BCUT2D eigenvalue weighted by Gasteiger charge is 2.25. The third kappa shape index (κ3) is 4.22. The number of nitrogens with zero attached hydrogens (tertiary/aromatic N) is 1. The zero-order valence-electron chi connectivity index (χ0n) is 13.1. The molecule has 0 radical (unpaired) electrons. The van der Waals surface area contributed by atoms with Gasteiger partial charge in [-0.3, -0.25) is 4.90 Å². The SMILES string of the molecule is CCCNC1CCN(Cc2ccc(OC)cc2)CC1C. The number of likely N-dealkylation sites (tertiary alicyclic amines) is 1. The molecule has 0 saturated carbocycles. The van der Waals surface area contributed by atoms with Crippen LogP contribution in [-0.4, -0.2) is 37.7 Å². The van der Waals surface area contributed by atoms with Gasteiger partial charge in [-0.2, -0.15) is 0 Å². The minimum atomic E-state index is 0.696. The molecule has 0 aliphatic carbocycles. The number of piperidine rings is 1. The summed E-state index contributed by atoms with van der Waals surface area (Å²) in [5.74, 6) is 1.66. The highest BCUT2D eigenvalue weighted by molar-refractivity contribution is 5.27. The smallest absolute Gasteiger partial charge is 0.118 e. The third-order valence-corrected chi connectivity index (χ3v) is 4.21. The van der Waals surface area contributed by atoms with Crippen molar-refractivity contribution >= 4 is 0 Å². The van der Waals surface area contributed by atoms with Gasteiger partial charge in [0.1, 0.15) is 5.75 Å². The van der Waals surface area contributed by atoms with Crippen molar-refractivity contribution in [3.05, 3.63) is 29.8 Å². The molecule has 1 saturated heterocycles. The van der Waals surface area contributed by atoms with E-state index in [0.717, 1.165) is 24.8 Å². The molecule has 1 N–H and O–H groups in total. The van der Waals surface area contributed by atoms with Crippen molar-refractivity contribution in [1.82, 2.24) is 10.2 Å². The van der Waals surface area contributed by atoms with Crippen LogP contribution in [0.25, 0.3) is 0 Å². The lowest BCUT2D eigenvalue weighted by Crippen LogP contribution is -2.48. The predicted molar refractivity (Wildman–Crippen MR) is 84.1 cm³/mol. The van der Waals surface area contributed by atoms with Crippen molar-refractivity contribution in [1.29, 1.82) is 0 Å². The van der Waals surface area contributed by atoms with Crippen LogP contribution in [0.5, 0.6) is 5.75 Å². The first kappa shape index (κ1) is 15.3. The van der Waals surface area contributed by atoms with E-state index in [0.29, 0.717) is 6.04 Å². The van der Waals surface area contributed by atoms with Crippen LogP contribution in [0.2, 0.25) is 0 Å². The van der Waals surface area contributed by atoms with Crippen LogP contribution in [0.15, 0.2) is 24.3 Å². The number of ether oxygens (including phenoxy) is 1. The Balaban J connectivity index is 1.82. The first-order valence-corrected chi connectivity index (χ1v) is 7.81. The summed E-state index contributed by atoms with van der Waals surface area (Å²) < 4.78 is 5.21. The standard InChI is InChI=1S/C17H28N2O/c1-4-10-18-17-9-11-19(12-14(17)2)13-15-5-7-16(20-3)8-6-15/h5-8,14,17-18H,4,9-13H2,1-3H3. The average Bonchev–Trinajstić information content (AvgIpc) is 2.47. The molecule has 2 rings (SSSR count). The first-order chi connectivity index (χ1) is 9.72. The van der Waals surface area contributed by atoms with E-state index in [1.54, 1.807) is 7.11 Å². The highest BCUT2D eigenvalue weighted by Crippen LogP contribution is 2.20. The van der Waals surface area contributed by atoms with Crippen molar-refractivity contribution in [2.24, 2.45) is 5.92 Å². The Hall–Kier alpha value is -1.06. The normalized spacial score (nSPS) is 23.8. The van der Waals surface area contributed by atoms with Gasteiger partial charge in [0.2, 0.25) is 0 Å². The molecule has 1 aromatic carbocycles. The highest BCUT2D eigenvalue weighted by atomic mass is 16.5. The van der Waals surface area contributed by atoms with Crippen LogP contribution in [0.1, 0.15) is 32.3 Å². The summed E-state index contributed by atoms with van der Waals surface area (Å²) in [4.78, 5) is 2.57. The van der Waals surface area contributed by atoms with Gasteiger partial charge in [-0.1, -0.05) is 26.0 Å². The van der Waals surface area contributed by atoms with Gasteiger partial charge in [-0.05, 0) is 49.5 Å². The molecule has 3 nitrogen and oxygen atoms in total. The maximum absolute atomic E-state index is 5.21. The Morgan fingerprint density at radius 2 is 2.05 bits per heavy atom. The Kier molecular flexibility index (Phi) is 5.86. The van der Waals surface area contributed by atoms with Crippen molar-refractivity contribution in [3.63, 3.8) is 0 Å². The number of benzene rings is 1. The molecule has 3 heteroatoms. The second-order valence-electron chi connectivity index (χ2n) is 5.91. The van der Waals surface area contributed by atoms with Crippen molar-refractivity contribution in [2.75, 3.05) is 26.7 Å². The quantitative estimate of drug-likeness (QED) is 0.864. The Bertz CT molecular complexity index is 390. The van der Waals surface area contributed by atoms with Gasteiger partial charge in [0, 0.05) is 19.1 Å². The van der Waals surface area contributed by atoms with Gasteiger partial charge in [0.05, 0.1) is 7.11 Å². The summed E-state index contributed by atoms with van der Waals surface area (Å²) in [5, 5.41) is 3.68. The molecule has 1 aliphatic heterocycles. The van der Waals surface area contributed by atoms with Crippen LogP contribution in [0.4, 0.5) is 0 Å². The summed E-state index contributed by atoms with van der Waals surface area (Å²) >= 11 is 0. The fraction of sp³-hybridized carbons (Fsp3) is 0.647. The van der Waals surface area contributed by atoms with Crippen LogP contribution in [0, 0.1) is 5.92 Å². The maximum Gasteiger partial charge on any atom is 0.118 e. The third-order valence-electron chi connectivity index (χ3n) is 4.21. The van der Waals surface area contributed by atoms with E-state index in [2.05, 4.69) is 36.2 Å². The van der Waals surface area contributed by atoms with E-state index in [1.807, 2.05) is 12.1 Å². The maximum atomic E-state index is 5.21. The Labute approximate surface area is 123 Å². The summed E-state index contributed by atoms with van der Waals surface area (Å²) in [7, 11) is 1.71. The van der Waals surface area contributed by atoms with Gasteiger partial charge in [-0.15, -0.1) is 0 Å². The molecule has 2 unspecified atom stereocenters. The largest absolute Gasteiger partial charge is 0.497 e. The molecule has 2 atom stereocenters. The molecule has 20 heavy (non-hydrogen) atoms. The molecule has 1 heterocycles. The predicted octanol–water partition coefficient (Wildman–Crippen LogP) is 2.91.